The predicted molar refractivity (Wildman–Crippen MR) is 45.6 cm³/mol. The van der Waals surface area contributed by atoms with Crippen molar-refractivity contribution in [3.05, 3.63) is 29.8 Å². The summed E-state index contributed by atoms with van der Waals surface area (Å²) in [6, 6.07) is 6.25. The highest BCUT2D eigenvalue weighted by Crippen LogP contribution is 2.05. The van der Waals surface area contributed by atoms with E-state index in [0.29, 0.717) is 11.3 Å². The molecule has 0 amide bonds. The highest BCUT2D eigenvalue weighted by atomic mass is 16.6. The van der Waals surface area contributed by atoms with Crippen molar-refractivity contribution in [2.75, 3.05) is 5.73 Å². The minimum atomic E-state index is -0.608. The van der Waals surface area contributed by atoms with E-state index in [0.717, 1.165) is 0 Å². The van der Waals surface area contributed by atoms with E-state index in [1.54, 1.807) is 12.1 Å². The largest absolute Gasteiger partial charge is 0.509 e. The zero-order valence-electron chi connectivity index (χ0n) is 6.36. The van der Waals surface area contributed by atoms with Crippen molar-refractivity contribution in [2.24, 2.45) is 0 Å². The van der Waals surface area contributed by atoms with Crippen LogP contribution in [0.1, 0.15) is 10.4 Å². The Hall–Kier alpha value is -1.49. The van der Waals surface area contributed by atoms with Crippen molar-refractivity contribution in [3.8, 4) is 0 Å². The average Bonchev–Trinajstić information content (AvgIpc) is 2.06. The SMILES string of the molecule is Nc1ccc(C(=O)OBO)cc1. The quantitative estimate of drug-likeness (QED) is 0.465. The molecule has 0 aromatic heterocycles. The first-order valence-corrected chi connectivity index (χ1v) is 3.37. The van der Waals surface area contributed by atoms with Crippen molar-refractivity contribution < 1.29 is 14.5 Å². The Labute approximate surface area is 70.3 Å². The molecule has 0 unspecified atom stereocenters. The number of nitrogens with two attached hydrogens (primary N) is 1. The molecule has 1 rings (SSSR count). The molecule has 0 atom stereocenters. The normalized spacial score (nSPS) is 9.08. The van der Waals surface area contributed by atoms with Crippen molar-refractivity contribution >= 4 is 19.3 Å². The summed E-state index contributed by atoms with van der Waals surface area (Å²) in [6.07, 6.45) is 0. The van der Waals surface area contributed by atoms with Crippen LogP contribution < -0.4 is 5.73 Å². The van der Waals surface area contributed by atoms with E-state index in [4.69, 9.17) is 10.8 Å². The summed E-state index contributed by atoms with van der Waals surface area (Å²) in [7, 11) is -0.608. The summed E-state index contributed by atoms with van der Waals surface area (Å²) < 4.78 is 4.34. The van der Waals surface area contributed by atoms with Crippen LogP contribution in [0.4, 0.5) is 5.69 Å². The summed E-state index contributed by atoms with van der Waals surface area (Å²) in [5, 5.41) is 8.28. The monoisotopic (exact) mass is 165 g/mol. The van der Waals surface area contributed by atoms with Crippen LogP contribution in [0.3, 0.4) is 0 Å². The number of hydrogen-bond donors (Lipinski definition) is 2. The van der Waals surface area contributed by atoms with Gasteiger partial charge in [0, 0.05) is 5.69 Å². The zero-order valence-corrected chi connectivity index (χ0v) is 6.36. The van der Waals surface area contributed by atoms with Crippen LogP contribution >= 0.6 is 0 Å². The fourth-order valence-electron chi connectivity index (χ4n) is 0.761. The fourth-order valence-corrected chi connectivity index (χ4v) is 0.761. The molecule has 3 N–H and O–H groups in total. The molecule has 62 valence electrons. The van der Waals surface area contributed by atoms with Gasteiger partial charge in [-0.1, -0.05) is 0 Å². The van der Waals surface area contributed by atoms with Crippen molar-refractivity contribution in [1.29, 1.82) is 0 Å². The van der Waals surface area contributed by atoms with Gasteiger partial charge in [0.15, 0.2) is 0 Å². The number of carbonyl (C=O) groups excluding carboxylic acids is 1. The van der Waals surface area contributed by atoms with E-state index in [9.17, 15) is 4.79 Å². The third-order valence-corrected chi connectivity index (χ3v) is 1.34. The molecule has 0 bridgehead atoms. The maximum atomic E-state index is 10.9. The summed E-state index contributed by atoms with van der Waals surface area (Å²) in [5.74, 6) is -0.558. The van der Waals surface area contributed by atoms with E-state index < -0.39 is 13.7 Å². The third kappa shape index (κ3) is 2.00. The van der Waals surface area contributed by atoms with Crippen LogP contribution in [0.5, 0.6) is 0 Å². The van der Waals surface area contributed by atoms with Crippen LogP contribution in [-0.2, 0) is 4.65 Å². The first kappa shape index (κ1) is 8.61. The minimum absolute atomic E-state index is 0.373. The molecule has 4 nitrogen and oxygen atoms in total. The van der Waals surface area contributed by atoms with E-state index in [-0.39, 0.29) is 0 Å². The lowest BCUT2D eigenvalue weighted by Gasteiger charge is -1.99. The average molecular weight is 165 g/mol. The standard InChI is InChI=1S/C7H8BNO3/c9-6-3-1-5(2-4-6)7(10)12-8-11/h1-4,8,11H,9H2. The van der Waals surface area contributed by atoms with Gasteiger partial charge in [-0.05, 0) is 24.3 Å². The maximum absolute atomic E-state index is 10.9. The van der Waals surface area contributed by atoms with Crippen LogP contribution in [0.15, 0.2) is 24.3 Å². The van der Waals surface area contributed by atoms with Crippen molar-refractivity contribution in [2.45, 2.75) is 0 Å². The number of hydrogen-bond acceptors (Lipinski definition) is 4. The maximum Gasteiger partial charge on any atom is 0.506 e. The van der Waals surface area contributed by atoms with E-state index in [1.165, 1.54) is 12.1 Å². The van der Waals surface area contributed by atoms with Crippen LogP contribution in [-0.4, -0.2) is 18.7 Å². The third-order valence-electron chi connectivity index (χ3n) is 1.34. The second-order valence-electron chi connectivity index (χ2n) is 2.18. The second kappa shape index (κ2) is 3.78. The summed E-state index contributed by atoms with van der Waals surface area (Å²) in [5.41, 5.74) is 6.35. The van der Waals surface area contributed by atoms with Gasteiger partial charge < -0.3 is 15.4 Å². The van der Waals surface area contributed by atoms with Gasteiger partial charge in [0.05, 0.1) is 5.56 Å². The highest BCUT2D eigenvalue weighted by Gasteiger charge is 2.04. The van der Waals surface area contributed by atoms with Gasteiger partial charge in [-0.25, -0.2) is 4.79 Å². The summed E-state index contributed by atoms with van der Waals surface area (Å²) in [6.45, 7) is 0. The van der Waals surface area contributed by atoms with Crippen LogP contribution in [0.25, 0.3) is 0 Å². The highest BCUT2D eigenvalue weighted by molar-refractivity contribution is 6.22. The number of benzene rings is 1. The molecule has 0 aliphatic heterocycles. The molecule has 0 radical (unpaired) electrons. The molecule has 12 heavy (non-hydrogen) atoms. The molecule has 0 heterocycles. The minimum Gasteiger partial charge on any atom is -0.509 e. The lowest BCUT2D eigenvalue weighted by atomic mass is 10.2. The summed E-state index contributed by atoms with van der Waals surface area (Å²) in [4.78, 5) is 10.9. The number of anilines is 1. The van der Waals surface area contributed by atoms with E-state index in [1.807, 2.05) is 0 Å². The Morgan fingerprint density at radius 2 is 2.00 bits per heavy atom. The molecular formula is C7H8BNO3. The Morgan fingerprint density at radius 3 is 2.50 bits per heavy atom. The molecule has 0 saturated heterocycles. The number of carbonyl (C=O) groups is 1. The molecule has 0 aliphatic rings. The van der Waals surface area contributed by atoms with Gasteiger partial charge in [0.1, 0.15) is 0 Å². The molecule has 1 aromatic carbocycles. The van der Waals surface area contributed by atoms with Crippen molar-refractivity contribution in [3.63, 3.8) is 0 Å². The molecule has 0 saturated carbocycles. The smallest absolute Gasteiger partial charge is 0.506 e. The van der Waals surface area contributed by atoms with Crippen LogP contribution in [0.2, 0.25) is 0 Å². The molecule has 0 spiro atoms. The molecule has 0 fully saturated rings. The zero-order chi connectivity index (χ0) is 8.97. The predicted octanol–water partition coefficient (Wildman–Crippen LogP) is -0.316. The Bertz CT molecular complexity index is 272. The lowest BCUT2D eigenvalue weighted by molar-refractivity contribution is 0.0719. The van der Waals surface area contributed by atoms with Crippen LogP contribution in [0, 0.1) is 0 Å². The van der Waals surface area contributed by atoms with Gasteiger partial charge in [0.2, 0.25) is 0 Å². The fraction of sp³-hybridized carbons (Fsp3) is 0. The Balaban J connectivity index is 2.75. The molecule has 1 aromatic rings. The van der Waals surface area contributed by atoms with E-state index in [2.05, 4.69) is 4.65 Å². The Morgan fingerprint density at radius 1 is 1.42 bits per heavy atom. The van der Waals surface area contributed by atoms with Gasteiger partial charge in [0.25, 0.3) is 0 Å². The van der Waals surface area contributed by atoms with E-state index >= 15 is 0 Å². The molecular weight excluding hydrogens is 157 g/mol. The lowest BCUT2D eigenvalue weighted by Crippen LogP contribution is -2.08. The first-order chi connectivity index (χ1) is 5.74. The van der Waals surface area contributed by atoms with Gasteiger partial charge in [-0.2, -0.15) is 0 Å². The topological polar surface area (TPSA) is 72.6 Å². The number of nitrogen functional groups attached to an aromatic ring is 1. The Kier molecular flexibility index (Phi) is 2.71. The summed E-state index contributed by atoms with van der Waals surface area (Å²) >= 11 is 0. The second-order valence-corrected chi connectivity index (χ2v) is 2.18. The van der Waals surface area contributed by atoms with Crippen molar-refractivity contribution in [1.82, 2.24) is 0 Å². The molecule has 5 heteroatoms. The molecule has 0 aliphatic carbocycles. The van der Waals surface area contributed by atoms with Gasteiger partial charge >= 0.3 is 13.7 Å². The van der Waals surface area contributed by atoms with Gasteiger partial charge in [-0.15, -0.1) is 0 Å². The first-order valence-electron chi connectivity index (χ1n) is 3.37. The van der Waals surface area contributed by atoms with Gasteiger partial charge in [-0.3, -0.25) is 0 Å². The number of rotatable bonds is 2.